The maximum Gasteiger partial charge on any atom is 0.194 e. The Kier molecular flexibility index (Phi) is 2.55. The number of furan rings is 1. The Morgan fingerprint density at radius 1 is 1.17 bits per heavy atom. The second-order valence-electron chi connectivity index (χ2n) is 6.24. The van der Waals surface area contributed by atoms with Gasteiger partial charge in [-0.05, 0) is 24.3 Å². The van der Waals surface area contributed by atoms with Crippen LogP contribution >= 0.6 is 0 Å². The van der Waals surface area contributed by atoms with Crippen molar-refractivity contribution >= 4 is 16.8 Å². The molecule has 0 bridgehead atoms. The highest BCUT2D eigenvalue weighted by Crippen LogP contribution is 2.53. The smallest absolute Gasteiger partial charge is 0.194 e. The van der Waals surface area contributed by atoms with E-state index in [-0.39, 0.29) is 23.6 Å². The van der Waals surface area contributed by atoms with E-state index in [1.807, 2.05) is 18.2 Å². The third kappa shape index (κ3) is 1.72. The quantitative estimate of drug-likeness (QED) is 0.687. The Labute approximate surface area is 137 Å². The molecule has 5 heteroatoms. The van der Waals surface area contributed by atoms with Gasteiger partial charge in [0.2, 0.25) is 0 Å². The van der Waals surface area contributed by atoms with E-state index in [0.717, 1.165) is 22.3 Å². The SMILES string of the molecule is CC(=O)c1cc2c3c(ccc2o1)[C@H]1COc2cc(O)ccc2[C@H]1O3. The van der Waals surface area contributed by atoms with Crippen LogP contribution in [0.15, 0.2) is 40.8 Å². The predicted molar refractivity (Wildman–Crippen MR) is 85.9 cm³/mol. The van der Waals surface area contributed by atoms with E-state index in [1.54, 1.807) is 18.2 Å². The first kappa shape index (κ1) is 13.5. The van der Waals surface area contributed by atoms with Gasteiger partial charge >= 0.3 is 0 Å². The summed E-state index contributed by atoms with van der Waals surface area (Å²) in [5.41, 5.74) is 2.62. The molecule has 0 amide bonds. The fraction of sp³-hybridized carbons (Fsp3) is 0.211. The van der Waals surface area contributed by atoms with Crippen LogP contribution in [0.25, 0.3) is 11.0 Å². The molecular formula is C19H14O5. The minimum Gasteiger partial charge on any atom is -0.508 e. The number of carbonyl (C=O) groups is 1. The molecule has 2 aliphatic rings. The van der Waals surface area contributed by atoms with Gasteiger partial charge in [-0.25, -0.2) is 0 Å². The number of rotatable bonds is 1. The number of hydrogen-bond donors (Lipinski definition) is 1. The summed E-state index contributed by atoms with van der Waals surface area (Å²) >= 11 is 0. The average molecular weight is 322 g/mol. The molecule has 1 aromatic heterocycles. The summed E-state index contributed by atoms with van der Waals surface area (Å²) in [6.45, 7) is 1.96. The van der Waals surface area contributed by atoms with Gasteiger partial charge in [0, 0.05) is 24.1 Å². The van der Waals surface area contributed by atoms with Crippen molar-refractivity contribution in [1.82, 2.24) is 0 Å². The van der Waals surface area contributed by atoms with Gasteiger partial charge in [-0.1, -0.05) is 6.07 Å². The van der Waals surface area contributed by atoms with Crippen LogP contribution in [0.4, 0.5) is 0 Å². The standard InChI is InChI=1S/C19H14O5/c1-9(20)16-7-13-15(23-16)5-4-11-14-8-22-17-6-10(21)2-3-12(17)19(14)24-18(11)13/h2-7,14,19,21H,8H2,1H3/t14-,19-/m1/s1. The maximum absolute atomic E-state index is 11.6. The minimum atomic E-state index is -0.161. The molecule has 1 N–H and O–H groups in total. The van der Waals surface area contributed by atoms with Crippen LogP contribution in [0, 0.1) is 0 Å². The number of fused-ring (bicyclic) bond motifs is 7. The summed E-state index contributed by atoms with van der Waals surface area (Å²) in [4.78, 5) is 11.6. The van der Waals surface area contributed by atoms with Crippen molar-refractivity contribution in [3.8, 4) is 17.2 Å². The molecule has 0 spiro atoms. The van der Waals surface area contributed by atoms with Crippen molar-refractivity contribution < 1.29 is 23.8 Å². The first-order chi connectivity index (χ1) is 11.6. The van der Waals surface area contributed by atoms with E-state index in [0.29, 0.717) is 23.7 Å². The molecular weight excluding hydrogens is 308 g/mol. The highest BCUT2D eigenvalue weighted by molar-refractivity contribution is 5.98. The topological polar surface area (TPSA) is 68.9 Å². The largest absolute Gasteiger partial charge is 0.508 e. The first-order valence-electron chi connectivity index (χ1n) is 7.81. The number of ketones is 1. The minimum absolute atomic E-state index is 0.0807. The average Bonchev–Trinajstić information content (AvgIpc) is 3.15. The number of ether oxygens (including phenoxy) is 2. The summed E-state index contributed by atoms with van der Waals surface area (Å²) in [6.07, 6.45) is -0.161. The normalized spacial score (nSPS) is 20.7. The maximum atomic E-state index is 11.6. The molecule has 0 fully saturated rings. The molecule has 5 rings (SSSR count). The molecule has 120 valence electrons. The number of phenolic OH excluding ortho intramolecular Hbond substituents is 1. The molecule has 2 atom stereocenters. The fourth-order valence-electron chi connectivity index (χ4n) is 3.59. The number of benzene rings is 2. The molecule has 5 nitrogen and oxygen atoms in total. The molecule has 0 radical (unpaired) electrons. The molecule has 0 saturated carbocycles. The Balaban J connectivity index is 1.66. The predicted octanol–water partition coefficient (Wildman–Crippen LogP) is 3.95. The van der Waals surface area contributed by atoms with Gasteiger partial charge in [0.15, 0.2) is 11.5 Å². The molecule has 3 aromatic rings. The summed E-state index contributed by atoms with van der Waals surface area (Å²) in [5.74, 6) is 1.88. The van der Waals surface area contributed by atoms with E-state index in [2.05, 4.69) is 0 Å². The van der Waals surface area contributed by atoms with Crippen LogP contribution in [-0.4, -0.2) is 17.5 Å². The van der Waals surface area contributed by atoms with Crippen molar-refractivity contribution in [2.45, 2.75) is 18.9 Å². The zero-order valence-electron chi connectivity index (χ0n) is 12.9. The third-order valence-corrected chi connectivity index (χ3v) is 4.76. The highest BCUT2D eigenvalue weighted by atomic mass is 16.5. The number of aromatic hydroxyl groups is 1. The zero-order chi connectivity index (χ0) is 16.4. The van der Waals surface area contributed by atoms with E-state index in [9.17, 15) is 9.90 Å². The van der Waals surface area contributed by atoms with E-state index >= 15 is 0 Å². The van der Waals surface area contributed by atoms with Crippen LogP contribution in [0.1, 0.15) is 40.6 Å². The van der Waals surface area contributed by atoms with Gasteiger partial charge in [-0.2, -0.15) is 0 Å². The lowest BCUT2D eigenvalue weighted by Gasteiger charge is -2.27. The molecule has 2 aromatic carbocycles. The van der Waals surface area contributed by atoms with Crippen molar-refractivity contribution in [3.05, 3.63) is 53.3 Å². The molecule has 24 heavy (non-hydrogen) atoms. The van der Waals surface area contributed by atoms with Crippen molar-refractivity contribution in [3.63, 3.8) is 0 Å². The monoisotopic (exact) mass is 322 g/mol. The lowest BCUT2D eigenvalue weighted by Crippen LogP contribution is -2.22. The number of hydrogen-bond acceptors (Lipinski definition) is 5. The lowest BCUT2D eigenvalue weighted by atomic mass is 9.89. The second kappa shape index (κ2) is 4.54. The summed E-state index contributed by atoms with van der Waals surface area (Å²) < 4.78 is 17.7. The van der Waals surface area contributed by atoms with Crippen molar-refractivity contribution in [2.75, 3.05) is 6.61 Å². The van der Waals surface area contributed by atoms with Gasteiger partial charge in [0.05, 0.1) is 17.9 Å². The summed E-state index contributed by atoms with van der Waals surface area (Å²) in [7, 11) is 0. The Bertz CT molecular complexity index is 1000. The zero-order valence-corrected chi connectivity index (χ0v) is 12.9. The second-order valence-corrected chi connectivity index (χ2v) is 6.24. The fourth-order valence-corrected chi connectivity index (χ4v) is 3.59. The number of carbonyl (C=O) groups excluding carboxylic acids is 1. The molecule has 2 aliphatic heterocycles. The summed E-state index contributed by atoms with van der Waals surface area (Å²) in [6, 6.07) is 10.7. The molecule has 3 heterocycles. The lowest BCUT2D eigenvalue weighted by molar-refractivity contribution is 0.0989. The van der Waals surface area contributed by atoms with Gasteiger partial charge in [-0.15, -0.1) is 0 Å². The van der Waals surface area contributed by atoms with Crippen molar-refractivity contribution in [1.29, 1.82) is 0 Å². The van der Waals surface area contributed by atoms with Crippen LogP contribution in [0.3, 0.4) is 0 Å². The van der Waals surface area contributed by atoms with Crippen LogP contribution in [0.2, 0.25) is 0 Å². The number of phenols is 1. The third-order valence-electron chi connectivity index (χ3n) is 4.76. The highest BCUT2D eigenvalue weighted by Gasteiger charge is 2.41. The van der Waals surface area contributed by atoms with Crippen LogP contribution in [0.5, 0.6) is 17.2 Å². The van der Waals surface area contributed by atoms with E-state index < -0.39 is 0 Å². The van der Waals surface area contributed by atoms with Gasteiger partial charge in [-0.3, -0.25) is 4.79 Å². The van der Waals surface area contributed by atoms with E-state index in [4.69, 9.17) is 13.9 Å². The summed E-state index contributed by atoms with van der Waals surface area (Å²) in [5, 5.41) is 10.4. The van der Waals surface area contributed by atoms with Gasteiger partial charge in [0.25, 0.3) is 0 Å². The van der Waals surface area contributed by atoms with Gasteiger partial charge in [0.1, 0.15) is 28.9 Å². The van der Waals surface area contributed by atoms with Crippen LogP contribution in [-0.2, 0) is 0 Å². The molecule has 0 unspecified atom stereocenters. The molecule has 0 saturated heterocycles. The first-order valence-corrected chi connectivity index (χ1v) is 7.81. The van der Waals surface area contributed by atoms with E-state index in [1.165, 1.54) is 6.92 Å². The Morgan fingerprint density at radius 2 is 2.00 bits per heavy atom. The Hall–Kier alpha value is -2.95. The van der Waals surface area contributed by atoms with Gasteiger partial charge < -0.3 is 19.0 Å². The van der Waals surface area contributed by atoms with Crippen LogP contribution < -0.4 is 9.47 Å². The molecule has 0 aliphatic carbocycles. The number of Topliss-reactive ketones (excluding diaryl/α,β-unsaturated/α-hetero) is 1. The Morgan fingerprint density at radius 3 is 2.83 bits per heavy atom. The van der Waals surface area contributed by atoms with Crippen molar-refractivity contribution in [2.24, 2.45) is 0 Å².